The Labute approximate surface area is 598 Å². The van der Waals surface area contributed by atoms with Crippen LogP contribution in [0.3, 0.4) is 0 Å². The van der Waals surface area contributed by atoms with Crippen LogP contribution in [0.15, 0.2) is 212 Å². The summed E-state index contributed by atoms with van der Waals surface area (Å²) in [6.45, 7) is 1.08. The molecular formula is C74H66Cl3NO24. The van der Waals surface area contributed by atoms with Crippen LogP contribution >= 0.6 is 34.8 Å². The molecule has 14 unspecified atom stereocenters. The van der Waals surface area contributed by atoms with Gasteiger partial charge >= 0.3 is 53.7 Å². The summed E-state index contributed by atoms with van der Waals surface area (Å²) >= 11 is 18.7. The van der Waals surface area contributed by atoms with Gasteiger partial charge in [0, 0.05) is 19.8 Å². The molecule has 10 rings (SSSR count). The summed E-state index contributed by atoms with van der Waals surface area (Å²) < 4.78 is 91.4. The fourth-order valence-corrected chi connectivity index (χ4v) is 11.2. The molecule has 0 spiro atoms. The lowest BCUT2D eigenvalue weighted by atomic mass is 9.91. The van der Waals surface area contributed by atoms with Gasteiger partial charge in [-0.05, 0) is 84.9 Å². The maximum absolute atomic E-state index is 14.7. The number of esters is 9. The van der Waals surface area contributed by atoms with Gasteiger partial charge in [-0.1, -0.05) is 169 Å². The Morgan fingerprint density at radius 3 is 0.971 bits per heavy atom. The SMILES string of the molecule is CC(=O)OC1C(OC(=N)C(Cl)(Cl)Cl)OC(COC2OC(COC(=O)c3ccccc3)C(OC(=O)c3ccccc3)C(OC(=O)c3ccccc3)C2C)[C@@H](OC(C)=O)C1OC1OC(COC(=O)c2ccccc2)C(OC(=O)c2ccccc2)C(OC(=O)c2ccccc2)C1OC(=O)c1ccccc1. The summed E-state index contributed by atoms with van der Waals surface area (Å²) in [5, 5.41) is 8.82. The van der Waals surface area contributed by atoms with Crippen LogP contribution in [0.25, 0.3) is 0 Å². The van der Waals surface area contributed by atoms with Gasteiger partial charge in [0.1, 0.15) is 43.7 Å². The van der Waals surface area contributed by atoms with E-state index in [0.29, 0.717) is 0 Å². The molecule has 0 aromatic heterocycles. The fourth-order valence-electron chi connectivity index (χ4n) is 11.1. The molecule has 102 heavy (non-hydrogen) atoms. The first kappa shape index (κ1) is 74.6. The normalized spacial score (nSPS) is 24.5. The monoisotopic (exact) mass is 1460 g/mol. The first-order chi connectivity index (χ1) is 49.1. The minimum absolute atomic E-state index is 0.0256. The lowest BCUT2D eigenvalue weighted by Gasteiger charge is -2.49. The molecule has 0 amide bonds. The first-order valence-electron chi connectivity index (χ1n) is 31.7. The van der Waals surface area contributed by atoms with E-state index in [1.165, 1.54) is 116 Å². The highest BCUT2D eigenvalue weighted by atomic mass is 35.6. The minimum Gasteiger partial charge on any atom is -0.459 e. The minimum atomic E-state index is -2.67. The highest BCUT2D eigenvalue weighted by Crippen LogP contribution is 2.40. The molecule has 15 atom stereocenters. The smallest absolute Gasteiger partial charge is 0.338 e. The van der Waals surface area contributed by atoms with E-state index in [1.54, 1.807) is 103 Å². The number of carbonyl (C=O) groups is 9. The molecule has 7 aromatic carbocycles. The number of alkyl halides is 3. The van der Waals surface area contributed by atoms with E-state index < -0.39 is 175 Å². The third-order valence-electron chi connectivity index (χ3n) is 16.0. The van der Waals surface area contributed by atoms with Crippen LogP contribution in [-0.4, -0.2) is 169 Å². The molecule has 25 nitrogen and oxygen atoms in total. The third-order valence-corrected chi connectivity index (χ3v) is 16.5. The summed E-state index contributed by atoms with van der Waals surface area (Å²) in [4.78, 5) is 127. The number of hydrogen-bond acceptors (Lipinski definition) is 25. The molecule has 532 valence electrons. The Morgan fingerprint density at radius 1 is 0.333 bits per heavy atom. The van der Waals surface area contributed by atoms with Gasteiger partial charge in [-0.25, -0.2) is 33.6 Å². The van der Waals surface area contributed by atoms with E-state index in [-0.39, 0.29) is 38.9 Å². The van der Waals surface area contributed by atoms with Crippen molar-refractivity contribution in [2.45, 2.75) is 111 Å². The zero-order valence-electron chi connectivity index (χ0n) is 54.4. The maximum atomic E-state index is 14.7. The van der Waals surface area contributed by atoms with Crippen molar-refractivity contribution >= 4 is 94.4 Å². The van der Waals surface area contributed by atoms with Crippen LogP contribution in [0, 0.1) is 11.3 Å². The topological polar surface area (TPSA) is 316 Å². The van der Waals surface area contributed by atoms with Crippen LogP contribution in [0.5, 0.6) is 0 Å². The molecule has 3 aliphatic heterocycles. The zero-order valence-corrected chi connectivity index (χ0v) is 56.7. The van der Waals surface area contributed by atoms with Crippen LogP contribution in [-0.2, 0) is 80.6 Å². The molecular weight excluding hydrogens is 1390 g/mol. The average Bonchev–Trinajstić information content (AvgIpc) is 0.764. The van der Waals surface area contributed by atoms with Crippen molar-refractivity contribution < 1.29 is 114 Å². The second-order valence-electron chi connectivity index (χ2n) is 23.1. The number of rotatable bonds is 24. The summed E-state index contributed by atoms with van der Waals surface area (Å²) in [5.74, 6) is -11.3. The lowest BCUT2D eigenvalue weighted by Crippen LogP contribution is -2.68. The molecule has 3 heterocycles. The summed E-state index contributed by atoms with van der Waals surface area (Å²) in [6.07, 6.45) is -26.6. The molecule has 28 heteroatoms. The molecule has 0 bridgehead atoms. The maximum Gasteiger partial charge on any atom is 0.338 e. The standard InChI is InChI=1S/C74H66Cl3NO24/c1-42-55(96-65(83)47-29-15-6-16-30-47)56(97-66(84)48-31-17-7-18-32-48)52(39-88-63(81)45-25-11-4-12-26-45)93-70(42)90-41-54-57(91-43(2)79)60(61(92-44(3)80)72(95-54)102-73(78)74(75,76)77)101-71-62(100-69(87)51-37-23-10-24-38-51)59(99-68(86)50-35-21-9-22-36-50)58(98-67(85)49-33-19-8-20-34-49)53(94-71)40-89-64(82)46-27-13-5-14-28-46/h4-38,42,52-62,70-72,78H,39-41H2,1-3H3/t42?,52?,53?,54?,55?,56?,57-,58?,59?,60?,61?,62?,70?,71?,72?/m1/s1. The van der Waals surface area contributed by atoms with Crippen molar-refractivity contribution in [1.29, 1.82) is 5.41 Å². The molecule has 0 aliphatic carbocycles. The highest BCUT2D eigenvalue weighted by molar-refractivity contribution is 6.76. The third kappa shape index (κ3) is 19.5. The van der Waals surface area contributed by atoms with Gasteiger partial charge < -0.3 is 71.1 Å². The van der Waals surface area contributed by atoms with Crippen LogP contribution in [0.4, 0.5) is 0 Å². The van der Waals surface area contributed by atoms with E-state index in [2.05, 4.69) is 0 Å². The Bertz CT molecular complexity index is 4030. The quantitative estimate of drug-likeness (QED) is 0.0193. The van der Waals surface area contributed by atoms with Crippen molar-refractivity contribution in [3.8, 4) is 0 Å². The Kier molecular flexibility index (Phi) is 25.6. The summed E-state index contributed by atoms with van der Waals surface area (Å²) in [5.41, 5.74) is 0.169. The van der Waals surface area contributed by atoms with Gasteiger partial charge in [0.15, 0.2) is 49.2 Å². The van der Waals surface area contributed by atoms with Crippen molar-refractivity contribution in [2.75, 3.05) is 19.8 Å². The Balaban J connectivity index is 1.08. The van der Waals surface area contributed by atoms with E-state index in [9.17, 15) is 43.2 Å². The average molecular weight is 1460 g/mol. The van der Waals surface area contributed by atoms with E-state index in [1.807, 2.05) is 0 Å². The Morgan fingerprint density at radius 2 is 0.608 bits per heavy atom. The molecule has 3 fully saturated rings. The van der Waals surface area contributed by atoms with E-state index >= 15 is 0 Å². The second kappa shape index (κ2) is 35.0. The van der Waals surface area contributed by atoms with Crippen molar-refractivity contribution in [2.24, 2.45) is 5.92 Å². The fraction of sp³-hybridized carbons (Fsp3) is 0.297. The van der Waals surface area contributed by atoms with Crippen molar-refractivity contribution in [1.82, 2.24) is 0 Å². The van der Waals surface area contributed by atoms with Crippen LogP contribution in [0.1, 0.15) is 93.3 Å². The predicted molar refractivity (Wildman–Crippen MR) is 358 cm³/mol. The van der Waals surface area contributed by atoms with Gasteiger partial charge in [0.05, 0.1) is 45.6 Å². The van der Waals surface area contributed by atoms with Gasteiger partial charge in [-0.15, -0.1) is 0 Å². The largest absolute Gasteiger partial charge is 0.459 e. The second-order valence-corrected chi connectivity index (χ2v) is 25.4. The van der Waals surface area contributed by atoms with Gasteiger partial charge in [0.25, 0.3) is 3.79 Å². The van der Waals surface area contributed by atoms with Crippen molar-refractivity contribution in [3.63, 3.8) is 0 Å². The lowest BCUT2D eigenvalue weighted by molar-refractivity contribution is -0.358. The first-order valence-corrected chi connectivity index (χ1v) is 32.9. The molecule has 3 saturated heterocycles. The van der Waals surface area contributed by atoms with Crippen LogP contribution < -0.4 is 0 Å². The molecule has 0 radical (unpaired) electrons. The number of nitrogens with one attached hydrogen (secondary N) is 1. The zero-order chi connectivity index (χ0) is 72.5. The highest BCUT2D eigenvalue weighted by Gasteiger charge is 2.60. The Hall–Kier alpha value is -10.1. The van der Waals surface area contributed by atoms with Crippen LogP contribution in [0.2, 0.25) is 0 Å². The van der Waals surface area contributed by atoms with Crippen molar-refractivity contribution in [3.05, 3.63) is 251 Å². The number of carbonyl (C=O) groups excluding carboxylic acids is 9. The van der Waals surface area contributed by atoms with E-state index in [4.69, 9.17) is 111 Å². The molecule has 7 aromatic rings. The number of ether oxygens (including phenoxy) is 15. The summed E-state index contributed by atoms with van der Waals surface area (Å²) in [6, 6.07) is 53.6. The van der Waals surface area contributed by atoms with Gasteiger partial charge in [-0.3, -0.25) is 15.0 Å². The van der Waals surface area contributed by atoms with E-state index in [0.717, 1.165) is 13.8 Å². The molecule has 3 aliphatic rings. The van der Waals surface area contributed by atoms with Gasteiger partial charge in [-0.2, -0.15) is 0 Å². The van der Waals surface area contributed by atoms with Gasteiger partial charge in [0.2, 0.25) is 12.2 Å². The number of hydrogen-bond donors (Lipinski definition) is 1. The molecule has 1 N–H and O–H groups in total. The molecule has 0 saturated carbocycles. The number of benzene rings is 7. The predicted octanol–water partition coefficient (Wildman–Crippen LogP) is 10.3. The number of halogens is 3. The summed E-state index contributed by atoms with van der Waals surface area (Å²) in [7, 11) is 0.